The summed E-state index contributed by atoms with van der Waals surface area (Å²) < 4.78 is 44.7. The van der Waals surface area contributed by atoms with Crippen LogP contribution in [0.4, 0.5) is 13.2 Å². The number of alkyl halides is 3. The normalized spacial score (nSPS) is 11.8. The molecule has 0 unspecified atom stereocenters. The molecule has 3 nitrogen and oxygen atoms in total. The molecule has 0 spiro atoms. The highest BCUT2D eigenvalue weighted by molar-refractivity contribution is 5.93. The number of fused-ring (bicyclic) bond motifs is 2. The molecule has 0 atom stereocenters. The minimum atomic E-state index is -4.38. The number of ether oxygens (including phenoxy) is 1. The lowest BCUT2D eigenvalue weighted by molar-refractivity contribution is -0.137. The summed E-state index contributed by atoms with van der Waals surface area (Å²) in [5, 5.41) is 1.96. The van der Waals surface area contributed by atoms with Crippen LogP contribution in [0.1, 0.15) is 22.3 Å². The lowest BCUT2D eigenvalue weighted by Crippen LogP contribution is -2.07. The molecule has 5 aromatic rings. The lowest BCUT2D eigenvalue weighted by atomic mass is 9.84. The number of H-pyrrole nitrogens is 2. The van der Waals surface area contributed by atoms with Crippen LogP contribution in [-0.2, 0) is 6.18 Å². The molecule has 7 heteroatoms. The molecule has 2 aromatic heterocycles. The zero-order valence-corrected chi connectivity index (χ0v) is 17.8. The van der Waals surface area contributed by atoms with Crippen molar-refractivity contribution < 1.29 is 17.9 Å². The van der Waals surface area contributed by atoms with Gasteiger partial charge in [0.2, 0.25) is 0 Å². The standard InChI is InChI=1S/C25H18F3N2O.ClH/c1-31-17-10-11-19-21(14-30-23(19)12-17)24(15-6-8-16(9-7-15)25(26,27)28)20-13-29-22-5-3-2-4-18(20)22;/h2-14,29-30H,1H3;1H. The van der Waals surface area contributed by atoms with Crippen molar-refractivity contribution in [2.45, 2.75) is 6.18 Å². The summed E-state index contributed by atoms with van der Waals surface area (Å²) in [6, 6.07) is 18.9. The van der Waals surface area contributed by atoms with Crippen molar-refractivity contribution in [2.24, 2.45) is 0 Å². The Bertz CT molecular complexity index is 1370. The summed E-state index contributed by atoms with van der Waals surface area (Å²) in [7, 11) is 1.61. The Morgan fingerprint density at radius 3 is 2.06 bits per heavy atom. The maximum Gasteiger partial charge on any atom is 0.416 e. The van der Waals surface area contributed by atoms with Gasteiger partial charge in [0.15, 0.2) is 0 Å². The highest BCUT2D eigenvalue weighted by atomic mass is 35.5. The second-order valence-electron chi connectivity index (χ2n) is 7.31. The van der Waals surface area contributed by atoms with Crippen LogP contribution in [0, 0.1) is 5.92 Å². The molecular formula is C25H19ClF3N2O. The van der Waals surface area contributed by atoms with Crippen LogP contribution in [0.15, 0.2) is 79.1 Å². The summed E-state index contributed by atoms with van der Waals surface area (Å²) in [6.07, 6.45) is -0.588. The smallest absolute Gasteiger partial charge is 0.416 e. The molecule has 0 saturated heterocycles. The fourth-order valence-corrected chi connectivity index (χ4v) is 4.00. The highest BCUT2D eigenvalue weighted by Gasteiger charge is 2.31. The van der Waals surface area contributed by atoms with Gasteiger partial charge in [-0.2, -0.15) is 13.2 Å². The third-order valence-electron chi connectivity index (χ3n) is 5.52. The largest absolute Gasteiger partial charge is 0.497 e. The fraction of sp³-hybridized carbons (Fsp3) is 0.0800. The molecule has 0 amide bonds. The van der Waals surface area contributed by atoms with Gasteiger partial charge in [-0.15, -0.1) is 12.4 Å². The van der Waals surface area contributed by atoms with E-state index in [-0.39, 0.29) is 12.4 Å². The minimum Gasteiger partial charge on any atom is -0.497 e. The first-order valence-corrected chi connectivity index (χ1v) is 9.72. The molecule has 0 fully saturated rings. The molecule has 163 valence electrons. The van der Waals surface area contributed by atoms with Gasteiger partial charge in [-0.1, -0.05) is 30.3 Å². The van der Waals surface area contributed by atoms with Gasteiger partial charge in [0, 0.05) is 40.3 Å². The van der Waals surface area contributed by atoms with Crippen molar-refractivity contribution in [3.63, 3.8) is 0 Å². The van der Waals surface area contributed by atoms with E-state index in [2.05, 4.69) is 9.97 Å². The average molecular weight is 456 g/mol. The number of methoxy groups -OCH3 is 1. The van der Waals surface area contributed by atoms with Crippen LogP contribution in [0.2, 0.25) is 0 Å². The van der Waals surface area contributed by atoms with Gasteiger partial charge in [0.05, 0.1) is 18.6 Å². The molecule has 32 heavy (non-hydrogen) atoms. The van der Waals surface area contributed by atoms with Crippen molar-refractivity contribution >= 4 is 34.2 Å². The molecule has 5 rings (SSSR count). The first-order chi connectivity index (χ1) is 15.0. The van der Waals surface area contributed by atoms with E-state index < -0.39 is 11.7 Å². The molecule has 0 aliphatic rings. The summed E-state index contributed by atoms with van der Waals surface area (Å²) in [4.78, 5) is 6.54. The zero-order valence-electron chi connectivity index (χ0n) is 17.0. The van der Waals surface area contributed by atoms with Crippen molar-refractivity contribution in [3.05, 3.63) is 107 Å². The first-order valence-electron chi connectivity index (χ1n) is 9.72. The van der Waals surface area contributed by atoms with E-state index in [1.807, 2.05) is 54.9 Å². The van der Waals surface area contributed by atoms with Crippen LogP contribution in [0.3, 0.4) is 0 Å². The number of para-hydroxylation sites is 1. The van der Waals surface area contributed by atoms with Gasteiger partial charge in [-0.25, -0.2) is 0 Å². The first kappa shape index (κ1) is 21.8. The van der Waals surface area contributed by atoms with Gasteiger partial charge < -0.3 is 14.7 Å². The van der Waals surface area contributed by atoms with Crippen LogP contribution in [0.25, 0.3) is 21.8 Å². The van der Waals surface area contributed by atoms with Crippen molar-refractivity contribution in [1.82, 2.24) is 9.97 Å². The zero-order chi connectivity index (χ0) is 21.6. The summed E-state index contributed by atoms with van der Waals surface area (Å²) in [6.45, 7) is 0. The van der Waals surface area contributed by atoms with Crippen molar-refractivity contribution in [2.75, 3.05) is 7.11 Å². The van der Waals surface area contributed by atoms with E-state index in [4.69, 9.17) is 4.74 Å². The number of rotatable bonds is 4. The predicted octanol–water partition coefficient (Wildman–Crippen LogP) is 7.12. The third-order valence-corrected chi connectivity index (χ3v) is 5.52. The van der Waals surface area contributed by atoms with Gasteiger partial charge in [0.25, 0.3) is 0 Å². The number of nitrogens with one attached hydrogen (secondary N) is 2. The lowest BCUT2D eigenvalue weighted by Gasteiger charge is -2.17. The number of aromatic nitrogens is 2. The van der Waals surface area contributed by atoms with Crippen LogP contribution in [-0.4, -0.2) is 17.1 Å². The Labute approximate surface area is 188 Å². The van der Waals surface area contributed by atoms with Gasteiger partial charge >= 0.3 is 6.18 Å². The highest BCUT2D eigenvalue weighted by Crippen LogP contribution is 2.40. The molecular weight excluding hydrogens is 437 g/mol. The maximum absolute atomic E-state index is 13.1. The van der Waals surface area contributed by atoms with Gasteiger partial charge in [-0.05, 0) is 47.0 Å². The maximum atomic E-state index is 13.1. The van der Waals surface area contributed by atoms with Gasteiger partial charge in [0.1, 0.15) is 5.75 Å². The molecule has 3 aromatic carbocycles. The summed E-state index contributed by atoms with van der Waals surface area (Å²) in [5.74, 6) is 1.58. The minimum absolute atomic E-state index is 0. The van der Waals surface area contributed by atoms with E-state index >= 15 is 0 Å². The Kier molecular flexibility index (Phi) is 5.65. The number of hydrogen-bond acceptors (Lipinski definition) is 1. The second-order valence-corrected chi connectivity index (χ2v) is 7.31. The van der Waals surface area contributed by atoms with E-state index in [9.17, 15) is 13.2 Å². The average Bonchev–Trinajstić information content (AvgIpc) is 3.38. The predicted molar refractivity (Wildman–Crippen MR) is 122 cm³/mol. The Balaban J connectivity index is 0.00000245. The number of benzene rings is 3. The summed E-state index contributed by atoms with van der Waals surface area (Å²) >= 11 is 0. The van der Waals surface area contributed by atoms with Crippen LogP contribution >= 0.6 is 12.4 Å². The van der Waals surface area contributed by atoms with E-state index in [0.717, 1.165) is 56.7 Å². The molecule has 0 aliphatic heterocycles. The molecule has 1 radical (unpaired) electrons. The van der Waals surface area contributed by atoms with Crippen LogP contribution in [0.5, 0.6) is 5.75 Å². The summed E-state index contributed by atoms with van der Waals surface area (Å²) in [5.41, 5.74) is 3.71. The number of halogens is 4. The third kappa shape index (κ3) is 3.71. The van der Waals surface area contributed by atoms with E-state index in [1.165, 1.54) is 12.1 Å². The second kappa shape index (κ2) is 8.28. The molecule has 0 aliphatic carbocycles. The van der Waals surface area contributed by atoms with Crippen molar-refractivity contribution in [3.8, 4) is 5.75 Å². The van der Waals surface area contributed by atoms with E-state index in [1.54, 1.807) is 7.11 Å². The number of hydrogen-bond donors (Lipinski definition) is 2. The Morgan fingerprint density at radius 1 is 0.781 bits per heavy atom. The van der Waals surface area contributed by atoms with Crippen LogP contribution < -0.4 is 4.74 Å². The fourth-order valence-electron chi connectivity index (χ4n) is 4.00. The topological polar surface area (TPSA) is 40.8 Å². The quantitative estimate of drug-likeness (QED) is 0.297. The Morgan fingerprint density at radius 2 is 1.41 bits per heavy atom. The Hall–Kier alpha value is -3.38. The molecule has 0 bridgehead atoms. The SMILES string of the molecule is COc1ccc2c([C](c3ccc(C(F)(F)F)cc3)c3c[nH]c4ccccc34)c[nH]c2c1.Cl. The molecule has 2 heterocycles. The molecule has 2 N–H and O–H groups in total. The van der Waals surface area contributed by atoms with E-state index in [0.29, 0.717) is 5.56 Å². The monoisotopic (exact) mass is 455 g/mol. The van der Waals surface area contributed by atoms with Crippen molar-refractivity contribution in [1.29, 1.82) is 0 Å². The van der Waals surface area contributed by atoms with Gasteiger partial charge in [-0.3, -0.25) is 0 Å². The number of aromatic amines is 2. The molecule has 0 saturated carbocycles.